The molecule has 0 bridgehead atoms. The van der Waals surface area contributed by atoms with Crippen molar-refractivity contribution >= 4 is 39.1 Å². The number of thiophene rings is 1. The Labute approximate surface area is 170 Å². The van der Waals surface area contributed by atoms with E-state index >= 15 is 0 Å². The van der Waals surface area contributed by atoms with Crippen LogP contribution in [0.15, 0.2) is 66.0 Å². The molecular formula is C22H18FN3O2S. The Bertz CT molecular complexity index is 1190. The van der Waals surface area contributed by atoms with Gasteiger partial charge < -0.3 is 15.2 Å². The largest absolute Gasteiger partial charge is 0.355 e. The van der Waals surface area contributed by atoms with E-state index in [0.29, 0.717) is 23.5 Å². The molecule has 0 radical (unpaired) electrons. The van der Waals surface area contributed by atoms with Crippen LogP contribution in [0, 0.1) is 5.82 Å². The van der Waals surface area contributed by atoms with E-state index in [9.17, 15) is 14.0 Å². The van der Waals surface area contributed by atoms with E-state index in [1.54, 1.807) is 48.7 Å². The highest BCUT2D eigenvalue weighted by Gasteiger charge is 2.17. The van der Waals surface area contributed by atoms with Crippen molar-refractivity contribution in [2.75, 3.05) is 12.4 Å². The number of carbonyl (C=O) groups excluding carboxylic acids is 2. The Morgan fingerprint density at radius 2 is 1.83 bits per heavy atom. The monoisotopic (exact) mass is 407 g/mol. The summed E-state index contributed by atoms with van der Waals surface area (Å²) in [7, 11) is 1.57. The van der Waals surface area contributed by atoms with E-state index in [1.165, 1.54) is 12.1 Å². The Balaban J connectivity index is 1.62. The number of rotatable bonds is 5. The van der Waals surface area contributed by atoms with Gasteiger partial charge in [-0.15, -0.1) is 11.3 Å². The lowest BCUT2D eigenvalue weighted by Gasteiger charge is -2.11. The molecule has 2 heterocycles. The summed E-state index contributed by atoms with van der Waals surface area (Å²) in [6, 6.07) is 16.8. The standard InChI is InChI=1S/C22H18FN3O2S/c1-24-21(27)15-5-7-17(8-6-15)25-22(28)19-12-20-18(9-10-29-20)26(19)13-14-3-2-4-16(23)11-14/h2-12H,13H2,1H3,(H,24,27)(H,25,28). The van der Waals surface area contributed by atoms with Crippen LogP contribution in [-0.4, -0.2) is 23.4 Å². The molecule has 0 aliphatic carbocycles. The molecule has 2 N–H and O–H groups in total. The molecular weight excluding hydrogens is 389 g/mol. The van der Waals surface area contributed by atoms with Gasteiger partial charge in [0.05, 0.1) is 10.2 Å². The van der Waals surface area contributed by atoms with Crippen LogP contribution in [-0.2, 0) is 6.54 Å². The minimum atomic E-state index is -0.307. The zero-order valence-electron chi connectivity index (χ0n) is 15.6. The first-order valence-corrected chi connectivity index (χ1v) is 9.88. The van der Waals surface area contributed by atoms with Gasteiger partial charge in [0.2, 0.25) is 0 Å². The zero-order chi connectivity index (χ0) is 20.4. The topological polar surface area (TPSA) is 63.1 Å². The number of fused-ring (bicyclic) bond motifs is 1. The second-order valence-corrected chi connectivity index (χ2v) is 7.47. The van der Waals surface area contributed by atoms with Gasteiger partial charge in [0.15, 0.2) is 0 Å². The first-order chi connectivity index (χ1) is 14.0. The van der Waals surface area contributed by atoms with Crippen LogP contribution in [0.5, 0.6) is 0 Å². The minimum absolute atomic E-state index is 0.188. The third-order valence-electron chi connectivity index (χ3n) is 4.62. The quantitative estimate of drug-likeness (QED) is 0.512. The predicted molar refractivity (Wildman–Crippen MR) is 113 cm³/mol. The number of halogens is 1. The average Bonchev–Trinajstić information content (AvgIpc) is 3.31. The Kier molecular flexibility index (Phi) is 5.14. The van der Waals surface area contributed by atoms with Gasteiger partial charge in [-0.05, 0) is 59.5 Å². The number of nitrogens with one attached hydrogen (secondary N) is 2. The maximum Gasteiger partial charge on any atom is 0.272 e. The molecule has 0 saturated heterocycles. The molecule has 2 aromatic carbocycles. The lowest BCUT2D eigenvalue weighted by molar-refractivity contribution is 0.0962. The van der Waals surface area contributed by atoms with Crippen molar-refractivity contribution in [2.45, 2.75) is 6.54 Å². The van der Waals surface area contributed by atoms with Crippen molar-refractivity contribution in [3.05, 3.63) is 88.7 Å². The maximum atomic E-state index is 13.6. The van der Waals surface area contributed by atoms with Crippen molar-refractivity contribution in [3.63, 3.8) is 0 Å². The number of nitrogens with zero attached hydrogens (tertiary/aromatic N) is 1. The molecule has 0 fully saturated rings. The molecule has 29 heavy (non-hydrogen) atoms. The molecule has 0 saturated carbocycles. The van der Waals surface area contributed by atoms with Crippen LogP contribution in [0.25, 0.3) is 10.2 Å². The van der Waals surface area contributed by atoms with Crippen LogP contribution in [0.2, 0.25) is 0 Å². The molecule has 0 unspecified atom stereocenters. The molecule has 5 nitrogen and oxygen atoms in total. The fraction of sp³-hybridized carbons (Fsp3) is 0.0909. The van der Waals surface area contributed by atoms with E-state index in [0.717, 1.165) is 15.8 Å². The summed E-state index contributed by atoms with van der Waals surface area (Å²) in [5.74, 6) is -0.761. The van der Waals surface area contributed by atoms with Crippen molar-refractivity contribution in [2.24, 2.45) is 0 Å². The molecule has 2 amide bonds. The fourth-order valence-electron chi connectivity index (χ4n) is 3.20. The van der Waals surface area contributed by atoms with Crippen molar-refractivity contribution < 1.29 is 14.0 Å². The fourth-order valence-corrected chi connectivity index (χ4v) is 4.02. The third kappa shape index (κ3) is 3.90. The van der Waals surface area contributed by atoms with E-state index in [2.05, 4.69) is 10.6 Å². The average molecular weight is 407 g/mol. The zero-order valence-corrected chi connectivity index (χ0v) is 16.4. The predicted octanol–water partition coefficient (Wildman–Crippen LogP) is 4.50. The summed E-state index contributed by atoms with van der Waals surface area (Å²) < 4.78 is 16.5. The van der Waals surface area contributed by atoms with Crippen LogP contribution in [0.3, 0.4) is 0 Å². The first kappa shape index (κ1) is 18.9. The number of carbonyl (C=O) groups is 2. The summed E-state index contributed by atoms with van der Waals surface area (Å²) in [6.45, 7) is 0.385. The Morgan fingerprint density at radius 1 is 1.03 bits per heavy atom. The van der Waals surface area contributed by atoms with Crippen LogP contribution >= 0.6 is 11.3 Å². The highest BCUT2D eigenvalue weighted by Crippen LogP contribution is 2.27. The van der Waals surface area contributed by atoms with E-state index in [4.69, 9.17) is 0 Å². The minimum Gasteiger partial charge on any atom is -0.355 e. The number of aromatic nitrogens is 1. The summed E-state index contributed by atoms with van der Waals surface area (Å²) in [4.78, 5) is 24.6. The van der Waals surface area contributed by atoms with Gasteiger partial charge in [-0.1, -0.05) is 12.1 Å². The van der Waals surface area contributed by atoms with E-state index < -0.39 is 0 Å². The molecule has 0 aliphatic rings. The van der Waals surface area contributed by atoms with Crippen LogP contribution < -0.4 is 10.6 Å². The molecule has 146 valence electrons. The highest BCUT2D eigenvalue weighted by molar-refractivity contribution is 7.17. The Morgan fingerprint density at radius 3 is 2.55 bits per heavy atom. The summed E-state index contributed by atoms with van der Waals surface area (Å²) >= 11 is 1.55. The highest BCUT2D eigenvalue weighted by atomic mass is 32.1. The second kappa shape index (κ2) is 7.89. The molecule has 0 atom stereocenters. The number of anilines is 1. The van der Waals surface area contributed by atoms with E-state index in [1.807, 2.05) is 28.1 Å². The van der Waals surface area contributed by atoms with Gasteiger partial charge in [0.1, 0.15) is 11.5 Å². The van der Waals surface area contributed by atoms with Crippen LogP contribution in [0.4, 0.5) is 10.1 Å². The van der Waals surface area contributed by atoms with Gasteiger partial charge in [0, 0.05) is 24.8 Å². The van der Waals surface area contributed by atoms with Gasteiger partial charge >= 0.3 is 0 Å². The van der Waals surface area contributed by atoms with Crippen LogP contribution in [0.1, 0.15) is 26.4 Å². The summed E-state index contributed by atoms with van der Waals surface area (Å²) in [6.07, 6.45) is 0. The second-order valence-electron chi connectivity index (χ2n) is 6.53. The lowest BCUT2D eigenvalue weighted by Crippen LogP contribution is -2.19. The normalized spacial score (nSPS) is 10.8. The maximum absolute atomic E-state index is 13.6. The summed E-state index contributed by atoms with van der Waals surface area (Å²) in [5, 5.41) is 7.39. The SMILES string of the molecule is CNC(=O)c1ccc(NC(=O)c2cc3sccc3n2Cc2cccc(F)c2)cc1. The molecule has 7 heteroatoms. The van der Waals surface area contributed by atoms with Crippen molar-refractivity contribution in [1.82, 2.24) is 9.88 Å². The molecule has 0 spiro atoms. The number of hydrogen-bond donors (Lipinski definition) is 2. The van der Waals surface area contributed by atoms with Gasteiger partial charge in [-0.2, -0.15) is 0 Å². The molecule has 0 aliphatic heterocycles. The van der Waals surface area contributed by atoms with E-state index in [-0.39, 0.29) is 17.6 Å². The molecule has 4 rings (SSSR count). The molecule has 2 aromatic heterocycles. The number of benzene rings is 2. The Hall–Kier alpha value is -3.45. The molecule has 4 aromatic rings. The number of amides is 2. The van der Waals surface area contributed by atoms with Gasteiger partial charge in [-0.25, -0.2) is 4.39 Å². The van der Waals surface area contributed by atoms with Gasteiger partial charge in [-0.3, -0.25) is 9.59 Å². The summed E-state index contributed by atoms with van der Waals surface area (Å²) in [5.41, 5.74) is 3.30. The van der Waals surface area contributed by atoms with Crippen molar-refractivity contribution in [3.8, 4) is 0 Å². The third-order valence-corrected chi connectivity index (χ3v) is 5.47. The van der Waals surface area contributed by atoms with Crippen molar-refractivity contribution in [1.29, 1.82) is 0 Å². The first-order valence-electron chi connectivity index (χ1n) is 9.00. The smallest absolute Gasteiger partial charge is 0.272 e. The lowest BCUT2D eigenvalue weighted by atomic mass is 10.2. The van der Waals surface area contributed by atoms with Gasteiger partial charge in [0.25, 0.3) is 11.8 Å². The number of hydrogen-bond acceptors (Lipinski definition) is 3.